The van der Waals surface area contributed by atoms with Crippen molar-refractivity contribution in [1.29, 1.82) is 5.26 Å². The van der Waals surface area contributed by atoms with Gasteiger partial charge in [-0.05, 0) is 56.7 Å². The van der Waals surface area contributed by atoms with Gasteiger partial charge in [0.15, 0.2) is 11.6 Å². The molecule has 14 heteroatoms. The van der Waals surface area contributed by atoms with Gasteiger partial charge in [0.25, 0.3) is 5.56 Å². The van der Waals surface area contributed by atoms with Gasteiger partial charge in [0.2, 0.25) is 5.91 Å². The first-order valence-electron chi connectivity index (χ1n) is 14.7. The topological polar surface area (TPSA) is 114 Å². The third-order valence-electron chi connectivity index (χ3n) is 8.55. The van der Waals surface area contributed by atoms with Gasteiger partial charge in [0.1, 0.15) is 22.3 Å². The number of aromatic hydroxyl groups is 1. The Morgan fingerprint density at radius 3 is 2.40 bits per heavy atom. The lowest BCUT2D eigenvalue weighted by molar-refractivity contribution is -0.130. The number of nitrogens with zero attached hydrogens (tertiary/aromatic N) is 5. The summed E-state index contributed by atoms with van der Waals surface area (Å²) in [7, 11) is 0. The summed E-state index contributed by atoms with van der Waals surface area (Å²) >= 11 is 25.5. The van der Waals surface area contributed by atoms with Crippen molar-refractivity contribution < 1.29 is 14.3 Å². The third kappa shape index (κ3) is 5.63. The lowest BCUT2D eigenvalue weighted by Gasteiger charge is -2.45. The van der Waals surface area contributed by atoms with Crippen LogP contribution >= 0.6 is 46.4 Å². The number of allylic oxidation sites excluding steroid dienone is 2. The standard InChI is InChI=1S/C33H31Cl4FN6O3/c1-7-21(45)43-16(5)12-42(13-17(43)6)30-18-10-20(34)28(22-23(35)24(36)25(37)26(38)31(22)46)41-32(18)44(33(47)19(30)11-39)29-15(4)8-9-40-27(29)14(2)3/h7-10,14,16-17,27,40,46H,1,12-13H2,2-6H3/t16-,17+,27?. The zero-order valence-electron chi connectivity index (χ0n) is 26.1. The van der Waals surface area contributed by atoms with Gasteiger partial charge in [-0.2, -0.15) is 5.26 Å². The van der Waals surface area contributed by atoms with Crippen LogP contribution in [-0.2, 0) is 4.79 Å². The van der Waals surface area contributed by atoms with E-state index in [1.165, 1.54) is 16.7 Å². The van der Waals surface area contributed by atoms with Crippen LogP contribution in [0, 0.1) is 23.1 Å². The van der Waals surface area contributed by atoms with Crippen molar-refractivity contribution in [1.82, 2.24) is 19.8 Å². The predicted molar refractivity (Wildman–Crippen MR) is 186 cm³/mol. The number of aromatic nitrogens is 2. The maximum atomic E-state index is 15.0. The van der Waals surface area contributed by atoms with E-state index in [0.717, 1.165) is 5.57 Å². The van der Waals surface area contributed by atoms with Crippen LogP contribution in [-0.4, -0.2) is 56.7 Å². The number of dihydropyridines is 1. The number of fused-ring (bicyclic) bond motifs is 1. The van der Waals surface area contributed by atoms with Gasteiger partial charge >= 0.3 is 0 Å². The maximum absolute atomic E-state index is 15.0. The van der Waals surface area contributed by atoms with Gasteiger partial charge in [-0.25, -0.2) is 9.37 Å². The van der Waals surface area contributed by atoms with Gasteiger partial charge in [-0.1, -0.05) is 66.8 Å². The molecule has 0 spiro atoms. The minimum absolute atomic E-state index is 0.0105. The number of amides is 1. The van der Waals surface area contributed by atoms with E-state index in [4.69, 9.17) is 51.4 Å². The first kappa shape index (κ1) is 34.6. The molecule has 2 aliphatic rings. The molecule has 9 nitrogen and oxygen atoms in total. The molecule has 1 fully saturated rings. The highest BCUT2D eigenvalue weighted by molar-refractivity contribution is 6.49. The maximum Gasteiger partial charge on any atom is 0.276 e. The number of rotatable bonds is 5. The Labute approximate surface area is 291 Å². The van der Waals surface area contributed by atoms with Crippen LogP contribution < -0.4 is 15.8 Å². The summed E-state index contributed by atoms with van der Waals surface area (Å²) in [6.07, 6.45) is 4.85. The summed E-state index contributed by atoms with van der Waals surface area (Å²) in [6, 6.07) is 2.64. The number of anilines is 1. The molecule has 47 heavy (non-hydrogen) atoms. The number of hydrogen-bond acceptors (Lipinski definition) is 7. The summed E-state index contributed by atoms with van der Waals surface area (Å²) in [4.78, 5) is 35.6. The highest BCUT2D eigenvalue weighted by Crippen LogP contribution is 2.48. The molecule has 3 aromatic rings. The minimum Gasteiger partial charge on any atom is -0.504 e. The number of phenolic OH excluding ortho intramolecular Hbond substituents is 1. The SMILES string of the molecule is C=CC(=O)N1[C@H](C)CN(c2c(C#N)c(=O)n(C3=C(C)C=CNC3C(C)C)c3nc(-c4c(O)c(F)c(Cl)c(Cl)c4Cl)c(Cl)cc23)C[C@@H]1C. The molecule has 0 aliphatic carbocycles. The lowest BCUT2D eigenvalue weighted by atomic mass is 9.94. The number of carbonyl (C=O) groups is 1. The number of halogens is 5. The summed E-state index contributed by atoms with van der Waals surface area (Å²) < 4.78 is 16.4. The highest BCUT2D eigenvalue weighted by atomic mass is 35.5. The number of benzene rings is 1. The van der Waals surface area contributed by atoms with Gasteiger partial charge in [-0.15, -0.1) is 0 Å². The number of nitriles is 1. The summed E-state index contributed by atoms with van der Waals surface area (Å²) in [5.74, 6) is -2.39. The zero-order chi connectivity index (χ0) is 34.6. The van der Waals surface area contributed by atoms with E-state index in [2.05, 4.69) is 18.0 Å². The smallest absolute Gasteiger partial charge is 0.276 e. The Balaban J connectivity index is 1.92. The molecule has 2 N–H and O–H groups in total. The molecule has 5 rings (SSSR count). The summed E-state index contributed by atoms with van der Waals surface area (Å²) in [6.45, 7) is 13.7. The van der Waals surface area contributed by atoms with Crippen molar-refractivity contribution >= 4 is 74.7 Å². The van der Waals surface area contributed by atoms with Crippen molar-refractivity contribution in [2.75, 3.05) is 18.0 Å². The number of phenols is 1. The van der Waals surface area contributed by atoms with E-state index in [9.17, 15) is 20.0 Å². The van der Waals surface area contributed by atoms with E-state index >= 15 is 4.39 Å². The Morgan fingerprint density at radius 1 is 1.19 bits per heavy atom. The van der Waals surface area contributed by atoms with E-state index in [1.807, 2.05) is 39.5 Å². The Hall–Kier alpha value is -3.75. The van der Waals surface area contributed by atoms with Crippen molar-refractivity contribution in [2.24, 2.45) is 5.92 Å². The summed E-state index contributed by atoms with van der Waals surface area (Å²) in [5.41, 5.74) is 0.363. The quantitative estimate of drug-likeness (QED) is 0.161. The predicted octanol–water partition coefficient (Wildman–Crippen LogP) is 7.38. The molecule has 1 saturated heterocycles. The van der Waals surface area contributed by atoms with Crippen LogP contribution in [0.3, 0.4) is 0 Å². The van der Waals surface area contributed by atoms with Crippen LogP contribution in [0.15, 0.2) is 41.4 Å². The number of hydrogen-bond donors (Lipinski definition) is 2. The molecule has 1 amide bonds. The second-order valence-corrected chi connectivity index (χ2v) is 13.5. The Bertz CT molecular complexity index is 1980. The fraction of sp³-hybridized carbons (Fsp3) is 0.333. The fourth-order valence-corrected chi connectivity index (χ4v) is 7.42. The van der Waals surface area contributed by atoms with E-state index < -0.39 is 22.1 Å². The molecule has 2 aliphatic heterocycles. The number of nitrogens with one attached hydrogen (secondary N) is 1. The van der Waals surface area contributed by atoms with Gasteiger partial charge < -0.3 is 20.2 Å². The molecule has 4 heterocycles. The van der Waals surface area contributed by atoms with Crippen molar-refractivity contribution in [3.05, 3.63) is 78.4 Å². The molecule has 0 saturated carbocycles. The number of pyridine rings is 2. The van der Waals surface area contributed by atoms with Crippen LogP contribution in [0.1, 0.15) is 40.2 Å². The second-order valence-electron chi connectivity index (χ2n) is 12.0. The third-order valence-corrected chi connectivity index (χ3v) is 10.1. The van der Waals surface area contributed by atoms with Gasteiger partial charge in [0.05, 0.1) is 43.8 Å². The summed E-state index contributed by atoms with van der Waals surface area (Å²) in [5, 5.41) is 23.7. The normalized spacial score (nSPS) is 19.7. The molecule has 1 aromatic carbocycles. The van der Waals surface area contributed by atoms with Gasteiger partial charge in [-0.3, -0.25) is 14.2 Å². The van der Waals surface area contributed by atoms with Crippen molar-refractivity contribution in [2.45, 2.75) is 52.7 Å². The Kier molecular flexibility index (Phi) is 9.59. The van der Waals surface area contributed by atoms with E-state index in [-0.39, 0.29) is 86.3 Å². The van der Waals surface area contributed by atoms with Crippen LogP contribution in [0.4, 0.5) is 10.1 Å². The molecule has 0 radical (unpaired) electrons. The van der Waals surface area contributed by atoms with Crippen molar-refractivity contribution in [3.8, 4) is 23.1 Å². The van der Waals surface area contributed by atoms with Crippen molar-refractivity contribution in [3.63, 3.8) is 0 Å². The molecule has 246 valence electrons. The first-order valence-corrected chi connectivity index (χ1v) is 16.2. The van der Waals surface area contributed by atoms with Crippen LogP contribution in [0.2, 0.25) is 20.1 Å². The van der Waals surface area contributed by atoms with E-state index in [0.29, 0.717) is 11.1 Å². The second kappa shape index (κ2) is 13.0. The molecule has 1 unspecified atom stereocenters. The molecular formula is C33H31Cl4FN6O3. The Morgan fingerprint density at radius 2 is 1.83 bits per heavy atom. The molecular weight excluding hydrogens is 689 g/mol. The lowest BCUT2D eigenvalue weighted by Crippen LogP contribution is -2.58. The van der Waals surface area contributed by atoms with Crippen LogP contribution in [0.5, 0.6) is 5.75 Å². The van der Waals surface area contributed by atoms with E-state index in [1.54, 1.807) is 17.2 Å². The molecule has 3 atom stereocenters. The average Bonchev–Trinajstić information content (AvgIpc) is 3.02. The highest BCUT2D eigenvalue weighted by Gasteiger charge is 2.36. The molecule has 0 bridgehead atoms. The molecule has 2 aromatic heterocycles. The average molecular weight is 720 g/mol. The monoisotopic (exact) mass is 718 g/mol. The van der Waals surface area contributed by atoms with Gasteiger partial charge in [0, 0.05) is 30.6 Å². The fourth-order valence-electron chi connectivity index (χ4n) is 6.49. The first-order chi connectivity index (χ1) is 22.2. The zero-order valence-corrected chi connectivity index (χ0v) is 29.2. The minimum atomic E-state index is -1.22. The largest absolute Gasteiger partial charge is 0.504 e. The number of piperazine rings is 1. The number of carbonyl (C=O) groups excluding carboxylic acids is 1. The van der Waals surface area contributed by atoms with Crippen LogP contribution in [0.25, 0.3) is 28.0 Å².